The SMILES string of the molecule is CC1(C)c2ccccc2-c2ccc(-c3c4cc(N5c6ccccc6Cc6ccccc65)ccc4c(-c4ccccn4)c4cc(N5c6ccccc6Cc6ccccc65)ccc34)cc21. The van der Waals surface area contributed by atoms with Crippen LogP contribution in [0.3, 0.4) is 0 Å². The maximum Gasteiger partial charge on any atom is 0.0714 e. The van der Waals surface area contributed by atoms with Crippen LogP contribution < -0.4 is 9.80 Å². The van der Waals surface area contributed by atoms with E-state index in [2.05, 4.69) is 212 Å². The number of hydrogen-bond donors (Lipinski definition) is 0. The van der Waals surface area contributed by atoms with Crippen molar-refractivity contribution >= 4 is 55.7 Å². The first-order valence-electron chi connectivity index (χ1n) is 22.1. The lowest BCUT2D eigenvalue weighted by molar-refractivity contribution is 0.660. The molecule has 298 valence electrons. The molecule has 0 saturated carbocycles. The van der Waals surface area contributed by atoms with Crippen molar-refractivity contribution in [1.82, 2.24) is 4.98 Å². The average Bonchev–Trinajstić information content (AvgIpc) is 3.56. The second-order valence-electron chi connectivity index (χ2n) is 17.9. The lowest BCUT2D eigenvalue weighted by atomic mass is 9.80. The number of hydrogen-bond acceptors (Lipinski definition) is 3. The van der Waals surface area contributed by atoms with Crippen molar-refractivity contribution in [1.29, 1.82) is 0 Å². The Morgan fingerprint density at radius 2 is 0.873 bits per heavy atom. The van der Waals surface area contributed by atoms with Crippen molar-refractivity contribution in [3.8, 4) is 33.5 Å². The normalized spacial score (nSPS) is 14.1. The number of pyridine rings is 1. The summed E-state index contributed by atoms with van der Waals surface area (Å²) in [7, 11) is 0. The van der Waals surface area contributed by atoms with Gasteiger partial charge in [0.25, 0.3) is 0 Å². The molecule has 9 aromatic carbocycles. The molecule has 63 heavy (non-hydrogen) atoms. The van der Waals surface area contributed by atoms with Gasteiger partial charge in [0.05, 0.1) is 5.69 Å². The topological polar surface area (TPSA) is 19.4 Å². The van der Waals surface area contributed by atoms with Crippen LogP contribution in [0.25, 0.3) is 55.1 Å². The summed E-state index contributed by atoms with van der Waals surface area (Å²) in [5.41, 5.74) is 22.3. The van der Waals surface area contributed by atoms with Gasteiger partial charge in [0, 0.05) is 64.1 Å². The van der Waals surface area contributed by atoms with Crippen LogP contribution in [-0.2, 0) is 18.3 Å². The molecule has 0 N–H and O–H groups in total. The monoisotopic (exact) mass is 805 g/mol. The molecular formula is C60H43N3. The Bertz CT molecular complexity index is 3420. The van der Waals surface area contributed by atoms with Crippen molar-refractivity contribution < 1.29 is 0 Å². The fourth-order valence-electron chi connectivity index (χ4n) is 11.2. The highest BCUT2D eigenvalue weighted by Crippen LogP contribution is 2.54. The molecule has 3 heterocycles. The minimum Gasteiger partial charge on any atom is -0.310 e. The van der Waals surface area contributed by atoms with E-state index in [-0.39, 0.29) is 5.41 Å². The van der Waals surface area contributed by atoms with Crippen molar-refractivity contribution in [2.45, 2.75) is 32.1 Å². The zero-order valence-electron chi connectivity index (χ0n) is 35.3. The second-order valence-corrected chi connectivity index (χ2v) is 17.9. The summed E-state index contributed by atoms with van der Waals surface area (Å²) >= 11 is 0. The van der Waals surface area contributed by atoms with Crippen molar-refractivity contribution in [3.05, 3.63) is 234 Å². The molecule has 0 unspecified atom stereocenters. The number of anilines is 6. The molecule has 0 saturated heterocycles. The van der Waals surface area contributed by atoms with Gasteiger partial charge in [0.1, 0.15) is 0 Å². The second kappa shape index (κ2) is 13.6. The number of benzene rings is 9. The summed E-state index contributed by atoms with van der Waals surface area (Å²) in [5.74, 6) is 0. The summed E-state index contributed by atoms with van der Waals surface area (Å²) in [6, 6.07) is 72.3. The lowest BCUT2D eigenvalue weighted by Gasteiger charge is -2.34. The van der Waals surface area contributed by atoms with Gasteiger partial charge in [-0.2, -0.15) is 0 Å². The molecule has 2 aliphatic heterocycles. The minimum atomic E-state index is -0.143. The Balaban J connectivity index is 1.13. The van der Waals surface area contributed by atoms with Gasteiger partial charge in [-0.3, -0.25) is 4.98 Å². The van der Waals surface area contributed by atoms with E-state index in [1.807, 2.05) is 12.3 Å². The molecule has 1 aromatic heterocycles. The Morgan fingerprint density at radius 3 is 1.43 bits per heavy atom. The molecule has 3 nitrogen and oxygen atoms in total. The van der Waals surface area contributed by atoms with E-state index in [4.69, 9.17) is 4.98 Å². The van der Waals surface area contributed by atoms with E-state index in [1.165, 1.54) is 99.9 Å². The van der Waals surface area contributed by atoms with Crippen molar-refractivity contribution in [2.75, 3.05) is 9.80 Å². The van der Waals surface area contributed by atoms with E-state index < -0.39 is 0 Å². The fourth-order valence-corrected chi connectivity index (χ4v) is 11.2. The molecule has 0 radical (unpaired) electrons. The average molecular weight is 806 g/mol. The quantitative estimate of drug-likeness (QED) is 0.165. The van der Waals surface area contributed by atoms with E-state index in [0.29, 0.717) is 0 Å². The van der Waals surface area contributed by atoms with Crippen LogP contribution in [0.5, 0.6) is 0 Å². The first-order chi connectivity index (χ1) is 31.0. The highest BCUT2D eigenvalue weighted by Gasteiger charge is 2.36. The standard InChI is InChI=1S/C60H43N3/c1-60(2)51-20-8-7-19-45(51)46-29-26-42(35-52(46)60)58-47-30-27-44(63-56-24-11-5-17-40(56)34-41-18-6-12-25-57(41)63)37-50(47)59(53-21-13-14-32-61-53)48-31-28-43(36-49(48)58)62-54-22-9-3-15-38(54)33-39-16-4-10-23-55(39)62/h3-32,35-37H,33-34H2,1-2H3. The van der Waals surface area contributed by atoms with Gasteiger partial charge in [-0.15, -0.1) is 0 Å². The largest absolute Gasteiger partial charge is 0.310 e. The van der Waals surface area contributed by atoms with Crippen LogP contribution in [0.1, 0.15) is 47.2 Å². The summed E-state index contributed by atoms with van der Waals surface area (Å²) in [4.78, 5) is 10.0. The Labute approximate surface area is 368 Å². The number of nitrogens with zero attached hydrogens (tertiary/aromatic N) is 3. The predicted octanol–water partition coefficient (Wildman–Crippen LogP) is 15.8. The molecule has 3 heteroatoms. The van der Waals surface area contributed by atoms with Gasteiger partial charge in [-0.25, -0.2) is 0 Å². The van der Waals surface area contributed by atoms with Crippen LogP contribution in [-0.4, -0.2) is 4.98 Å². The zero-order chi connectivity index (χ0) is 41.8. The smallest absolute Gasteiger partial charge is 0.0714 e. The Morgan fingerprint density at radius 1 is 0.397 bits per heavy atom. The lowest BCUT2D eigenvalue weighted by Crippen LogP contribution is -2.18. The molecule has 0 amide bonds. The van der Waals surface area contributed by atoms with Crippen molar-refractivity contribution in [2.24, 2.45) is 0 Å². The molecule has 0 bridgehead atoms. The summed E-state index contributed by atoms with van der Waals surface area (Å²) in [6.45, 7) is 4.76. The van der Waals surface area contributed by atoms with Crippen LogP contribution in [0.15, 0.2) is 200 Å². The molecule has 0 spiro atoms. The van der Waals surface area contributed by atoms with Gasteiger partial charge in [0.2, 0.25) is 0 Å². The minimum absolute atomic E-state index is 0.143. The maximum absolute atomic E-state index is 5.10. The van der Waals surface area contributed by atoms with Crippen molar-refractivity contribution in [3.63, 3.8) is 0 Å². The summed E-state index contributed by atoms with van der Waals surface area (Å²) < 4.78 is 0. The van der Waals surface area contributed by atoms with Crippen LogP contribution >= 0.6 is 0 Å². The van der Waals surface area contributed by atoms with Crippen LogP contribution in [0.2, 0.25) is 0 Å². The maximum atomic E-state index is 5.10. The van der Waals surface area contributed by atoms with Gasteiger partial charge in [-0.05, 0) is 144 Å². The number of aromatic nitrogens is 1. The first kappa shape index (κ1) is 36.0. The van der Waals surface area contributed by atoms with Gasteiger partial charge >= 0.3 is 0 Å². The number of rotatable bonds is 4. The first-order valence-corrected chi connectivity index (χ1v) is 22.1. The highest BCUT2D eigenvalue weighted by molar-refractivity contribution is 6.22. The summed E-state index contributed by atoms with van der Waals surface area (Å²) in [6.07, 6.45) is 3.76. The molecule has 1 aliphatic carbocycles. The Hall–Kier alpha value is -7.75. The molecular weight excluding hydrogens is 763 g/mol. The van der Waals surface area contributed by atoms with E-state index >= 15 is 0 Å². The van der Waals surface area contributed by atoms with Crippen LogP contribution in [0.4, 0.5) is 34.1 Å². The Kier molecular flexibility index (Phi) is 7.78. The molecule has 0 fully saturated rings. The van der Waals surface area contributed by atoms with Gasteiger partial charge < -0.3 is 9.80 Å². The number of para-hydroxylation sites is 4. The predicted molar refractivity (Wildman–Crippen MR) is 263 cm³/mol. The number of fused-ring (bicyclic) bond motifs is 9. The molecule has 13 rings (SSSR count). The van der Waals surface area contributed by atoms with Gasteiger partial charge in [0.15, 0.2) is 0 Å². The third-order valence-electron chi connectivity index (χ3n) is 14.1. The highest BCUT2D eigenvalue weighted by atomic mass is 15.2. The fraction of sp³-hybridized carbons (Fsp3) is 0.0833. The van der Waals surface area contributed by atoms with Gasteiger partial charge in [-0.1, -0.05) is 141 Å². The van der Waals surface area contributed by atoms with E-state index in [9.17, 15) is 0 Å². The molecule has 0 atom stereocenters. The molecule has 10 aromatic rings. The third kappa shape index (κ3) is 5.36. The van der Waals surface area contributed by atoms with E-state index in [1.54, 1.807) is 0 Å². The van der Waals surface area contributed by atoms with Crippen LogP contribution in [0, 0.1) is 0 Å². The summed E-state index contributed by atoms with van der Waals surface area (Å²) in [5, 5.41) is 4.77. The zero-order valence-corrected chi connectivity index (χ0v) is 35.3. The third-order valence-corrected chi connectivity index (χ3v) is 14.1. The van der Waals surface area contributed by atoms with E-state index in [0.717, 1.165) is 35.5 Å². The molecule has 3 aliphatic rings.